The highest BCUT2D eigenvalue weighted by Gasteiger charge is 2.17. The zero-order chi connectivity index (χ0) is 13.8. The van der Waals surface area contributed by atoms with Crippen molar-refractivity contribution >= 4 is 5.78 Å². The van der Waals surface area contributed by atoms with Crippen molar-refractivity contribution in [3.8, 4) is 5.75 Å². The van der Waals surface area contributed by atoms with E-state index in [1.165, 1.54) is 5.56 Å². The molecule has 0 aromatic heterocycles. The Morgan fingerprint density at radius 2 is 1.83 bits per heavy atom. The first-order valence-corrected chi connectivity index (χ1v) is 6.62. The molecular formula is C16H24O2. The first-order valence-electron chi connectivity index (χ1n) is 6.62. The van der Waals surface area contributed by atoms with E-state index in [2.05, 4.69) is 32.9 Å². The second-order valence-corrected chi connectivity index (χ2v) is 5.60. The standard InChI is InChI=1S/C16H24O2/c1-6-16(4,5)14-7-9-15(10-8-14)18-13(3)11-12(2)17/h7-10,13H,6,11H2,1-5H3. The Bertz CT molecular complexity index is 390. The van der Waals surface area contributed by atoms with Crippen LogP contribution in [-0.4, -0.2) is 11.9 Å². The lowest BCUT2D eigenvalue weighted by Gasteiger charge is -2.23. The van der Waals surface area contributed by atoms with Crippen LogP contribution in [-0.2, 0) is 10.2 Å². The van der Waals surface area contributed by atoms with E-state index in [4.69, 9.17) is 4.74 Å². The van der Waals surface area contributed by atoms with Gasteiger partial charge in [0.05, 0.1) is 0 Å². The lowest BCUT2D eigenvalue weighted by Crippen LogP contribution is -2.17. The predicted molar refractivity (Wildman–Crippen MR) is 75.1 cm³/mol. The number of carbonyl (C=O) groups excluding carboxylic acids is 1. The third-order valence-corrected chi connectivity index (χ3v) is 3.43. The van der Waals surface area contributed by atoms with Crippen molar-refractivity contribution in [1.29, 1.82) is 0 Å². The van der Waals surface area contributed by atoms with E-state index < -0.39 is 0 Å². The van der Waals surface area contributed by atoms with Gasteiger partial charge in [-0.05, 0) is 43.4 Å². The maximum absolute atomic E-state index is 11.0. The summed E-state index contributed by atoms with van der Waals surface area (Å²) in [7, 11) is 0. The Balaban J connectivity index is 2.69. The molecule has 100 valence electrons. The zero-order valence-electron chi connectivity index (χ0n) is 12.1. The van der Waals surface area contributed by atoms with Gasteiger partial charge in [-0.3, -0.25) is 4.79 Å². The van der Waals surface area contributed by atoms with Gasteiger partial charge < -0.3 is 4.74 Å². The Hall–Kier alpha value is -1.31. The lowest BCUT2D eigenvalue weighted by molar-refractivity contribution is -0.118. The minimum Gasteiger partial charge on any atom is -0.490 e. The molecule has 0 aliphatic carbocycles. The van der Waals surface area contributed by atoms with Crippen molar-refractivity contribution in [1.82, 2.24) is 0 Å². The number of Topliss-reactive ketones (excluding diaryl/α,β-unsaturated/α-hetero) is 1. The number of ether oxygens (including phenoxy) is 1. The number of rotatable bonds is 6. The van der Waals surface area contributed by atoms with Gasteiger partial charge in [0.15, 0.2) is 0 Å². The molecule has 1 aromatic carbocycles. The van der Waals surface area contributed by atoms with Gasteiger partial charge in [0.2, 0.25) is 0 Å². The predicted octanol–water partition coefficient (Wildman–Crippen LogP) is 4.12. The van der Waals surface area contributed by atoms with Gasteiger partial charge in [0.1, 0.15) is 17.6 Å². The van der Waals surface area contributed by atoms with Crippen LogP contribution in [0.1, 0.15) is 53.0 Å². The molecule has 2 heteroatoms. The third-order valence-electron chi connectivity index (χ3n) is 3.43. The molecule has 0 bridgehead atoms. The van der Waals surface area contributed by atoms with Gasteiger partial charge in [-0.15, -0.1) is 0 Å². The van der Waals surface area contributed by atoms with Crippen molar-refractivity contribution < 1.29 is 9.53 Å². The smallest absolute Gasteiger partial charge is 0.133 e. The fourth-order valence-corrected chi connectivity index (χ4v) is 1.87. The third kappa shape index (κ3) is 4.17. The molecule has 18 heavy (non-hydrogen) atoms. The molecule has 1 unspecified atom stereocenters. The molecule has 0 aliphatic heterocycles. The average molecular weight is 248 g/mol. The maximum atomic E-state index is 11.0. The van der Waals surface area contributed by atoms with Crippen LogP contribution in [0.15, 0.2) is 24.3 Å². The van der Waals surface area contributed by atoms with Gasteiger partial charge in [-0.2, -0.15) is 0 Å². The van der Waals surface area contributed by atoms with Gasteiger partial charge in [0, 0.05) is 6.42 Å². The van der Waals surface area contributed by atoms with Crippen LogP contribution >= 0.6 is 0 Å². The highest BCUT2D eigenvalue weighted by molar-refractivity contribution is 5.75. The quantitative estimate of drug-likeness (QED) is 0.757. The van der Waals surface area contributed by atoms with Crippen LogP contribution in [0.3, 0.4) is 0 Å². The van der Waals surface area contributed by atoms with E-state index in [1.807, 2.05) is 19.1 Å². The van der Waals surface area contributed by atoms with Crippen LogP contribution in [0.4, 0.5) is 0 Å². The number of hydrogen-bond donors (Lipinski definition) is 0. The summed E-state index contributed by atoms with van der Waals surface area (Å²) in [6.07, 6.45) is 1.50. The van der Waals surface area contributed by atoms with E-state index in [9.17, 15) is 4.79 Å². The summed E-state index contributed by atoms with van der Waals surface area (Å²) in [5.41, 5.74) is 1.51. The molecule has 1 atom stereocenters. The Morgan fingerprint density at radius 3 is 2.28 bits per heavy atom. The van der Waals surface area contributed by atoms with Crippen molar-refractivity contribution in [3.05, 3.63) is 29.8 Å². The highest BCUT2D eigenvalue weighted by atomic mass is 16.5. The van der Waals surface area contributed by atoms with Crippen molar-refractivity contribution in [3.63, 3.8) is 0 Å². The SMILES string of the molecule is CCC(C)(C)c1ccc(OC(C)CC(C)=O)cc1. The molecule has 2 nitrogen and oxygen atoms in total. The van der Waals surface area contributed by atoms with E-state index in [0.717, 1.165) is 12.2 Å². The van der Waals surface area contributed by atoms with E-state index in [0.29, 0.717) is 6.42 Å². The Labute approximate surface area is 110 Å². The van der Waals surface area contributed by atoms with Crippen molar-refractivity contribution in [2.24, 2.45) is 0 Å². The maximum Gasteiger partial charge on any atom is 0.133 e. The lowest BCUT2D eigenvalue weighted by atomic mass is 9.82. The Kier molecular flexibility index (Phi) is 4.94. The molecule has 0 amide bonds. The molecule has 1 rings (SSSR count). The van der Waals surface area contributed by atoms with Crippen LogP contribution in [0.5, 0.6) is 5.75 Å². The normalized spacial score (nSPS) is 13.2. The van der Waals surface area contributed by atoms with E-state index in [-0.39, 0.29) is 17.3 Å². The second-order valence-electron chi connectivity index (χ2n) is 5.60. The fourth-order valence-electron chi connectivity index (χ4n) is 1.87. The van der Waals surface area contributed by atoms with Crippen LogP contribution in [0.2, 0.25) is 0 Å². The summed E-state index contributed by atoms with van der Waals surface area (Å²) < 4.78 is 5.71. The number of hydrogen-bond acceptors (Lipinski definition) is 2. The molecule has 0 N–H and O–H groups in total. The number of benzene rings is 1. The van der Waals surface area contributed by atoms with E-state index in [1.54, 1.807) is 6.92 Å². The topological polar surface area (TPSA) is 26.3 Å². The van der Waals surface area contributed by atoms with Gasteiger partial charge in [-0.25, -0.2) is 0 Å². The minimum absolute atomic E-state index is 0.0625. The summed E-state index contributed by atoms with van der Waals surface area (Å²) in [4.78, 5) is 11.0. The number of carbonyl (C=O) groups is 1. The molecular weight excluding hydrogens is 224 g/mol. The molecule has 0 aliphatic rings. The van der Waals surface area contributed by atoms with Crippen LogP contribution < -0.4 is 4.74 Å². The molecule has 0 radical (unpaired) electrons. The first-order chi connectivity index (χ1) is 8.35. The first kappa shape index (κ1) is 14.7. The van der Waals surface area contributed by atoms with Gasteiger partial charge in [-0.1, -0.05) is 32.9 Å². The van der Waals surface area contributed by atoms with Gasteiger partial charge >= 0.3 is 0 Å². The van der Waals surface area contributed by atoms with Crippen LogP contribution in [0.25, 0.3) is 0 Å². The summed E-state index contributed by atoms with van der Waals surface area (Å²) in [5, 5.41) is 0. The van der Waals surface area contributed by atoms with Gasteiger partial charge in [0.25, 0.3) is 0 Å². The Morgan fingerprint density at radius 1 is 1.28 bits per heavy atom. The average Bonchev–Trinajstić information content (AvgIpc) is 2.28. The highest BCUT2D eigenvalue weighted by Crippen LogP contribution is 2.28. The van der Waals surface area contributed by atoms with Crippen molar-refractivity contribution in [2.75, 3.05) is 0 Å². The summed E-state index contributed by atoms with van der Waals surface area (Å²) in [6, 6.07) is 8.20. The molecule has 0 spiro atoms. The molecule has 0 saturated carbocycles. The minimum atomic E-state index is -0.0625. The largest absolute Gasteiger partial charge is 0.490 e. The zero-order valence-corrected chi connectivity index (χ0v) is 12.1. The molecule has 1 aromatic rings. The summed E-state index contributed by atoms with van der Waals surface area (Å²) in [6.45, 7) is 10.2. The number of ketones is 1. The fraction of sp³-hybridized carbons (Fsp3) is 0.562. The van der Waals surface area contributed by atoms with E-state index >= 15 is 0 Å². The monoisotopic (exact) mass is 248 g/mol. The summed E-state index contributed by atoms with van der Waals surface area (Å²) in [5.74, 6) is 0.991. The molecule has 0 fully saturated rings. The molecule has 0 saturated heterocycles. The summed E-state index contributed by atoms with van der Waals surface area (Å²) >= 11 is 0. The van der Waals surface area contributed by atoms with Crippen LogP contribution in [0, 0.1) is 0 Å². The van der Waals surface area contributed by atoms with Crippen molar-refractivity contribution in [2.45, 2.75) is 59.0 Å². The second kappa shape index (κ2) is 6.03. The molecule has 0 heterocycles.